The summed E-state index contributed by atoms with van der Waals surface area (Å²) < 4.78 is 7.02. The summed E-state index contributed by atoms with van der Waals surface area (Å²) in [4.78, 5) is 0. The van der Waals surface area contributed by atoms with Crippen LogP contribution in [-0.4, -0.2) is 10.2 Å². The van der Waals surface area contributed by atoms with Gasteiger partial charge in [-0.15, -0.1) is 10.2 Å². The summed E-state index contributed by atoms with van der Waals surface area (Å²) in [5.41, 5.74) is 2.57. The molecule has 1 aromatic carbocycles. The fourth-order valence-electron chi connectivity index (χ4n) is 2.43. The van der Waals surface area contributed by atoms with Crippen LogP contribution >= 0.6 is 15.9 Å². The van der Waals surface area contributed by atoms with Gasteiger partial charge in [-0.1, -0.05) is 42.1 Å². The Balaban J connectivity index is 1.93. The molecule has 0 amide bonds. The molecule has 0 fully saturated rings. The molecule has 0 atom stereocenters. The number of nitrogens with zero attached hydrogens (tertiary/aromatic N) is 2. The van der Waals surface area contributed by atoms with Crippen molar-refractivity contribution in [2.75, 3.05) is 0 Å². The van der Waals surface area contributed by atoms with Crippen LogP contribution in [0.25, 0.3) is 22.0 Å². The van der Waals surface area contributed by atoms with Crippen LogP contribution in [0.1, 0.15) is 38.4 Å². The Hall–Kier alpha value is -1.42. The fourth-order valence-corrected chi connectivity index (χ4v) is 2.79. The molecule has 4 heteroatoms. The number of benzene rings is 1. The summed E-state index contributed by atoms with van der Waals surface area (Å²) in [7, 11) is 0. The van der Waals surface area contributed by atoms with Crippen molar-refractivity contribution in [1.82, 2.24) is 10.2 Å². The second-order valence-electron chi connectivity index (χ2n) is 5.10. The Morgan fingerprint density at radius 1 is 1.05 bits per heavy atom. The highest BCUT2D eigenvalue weighted by molar-refractivity contribution is 9.10. The first-order valence-corrected chi connectivity index (χ1v) is 7.91. The van der Waals surface area contributed by atoms with E-state index in [2.05, 4.69) is 33.1 Å². The molecule has 3 rings (SSSR count). The lowest BCUT2D eigenvalue weighted by molar-refractivity contribution is 0.529. The maximum absolute atomic E-state index is 5.99. The number of furan rings is 1. The normalized spacial score (nSPS) is 11.5. The molecule has 0 aliphatic rings. The number of unbranched alkanes of at least 4 members (excludes halogenated alkanes) is 3. The third kappa shape index (κ3) is 2.70. The number of aryl methyl sites for hydroxylation is 1. The largest absolute Gasteiger partial charge is 0.459 e. The Morgan fingerprint density at radius 2 is 1.90 bits per heavy atom. The van der Waals surface area contributed by atoms with E-state index >= 15 is 0 Å². The van der Waals surface area contributed by atoms with Crippen LogP contribution < -0.4 is 0 Å². The predicted octanol–water partition coefficient (Wildman–Crippen LogP) is 5.26. The molecule has 2 aromatic heterocycles. The Kier molecular flexibility index (Phi) is 4.01. The molecule has 104 valence electrons. The molecule has 20 heavy (non-hydrogen) atoms. The number of halogens is 1. The van der Waals surface area contributed by atoms with E-state index < -0.39 is 0 Å². The van der Waals surface area contributed by atoms with Crippen LogP contribution in [-0.2, 0) is 6.42 Å². The predicted molar refractivity (Wildman–Crippen MR) is 84.9 cm³/mol. The van der Waals surface area contributed by atoms with Crippen molar-refractivity contribution in [2.24, 2.45) is 0 Å². The zero-order valence-corrected chi connectivity index (χ0v) is 13.1. The van der Waals surface area contributed by atoms with E-state index in [0.29, 0.717) is 0 Å². The summed E-state index contributed by atoms with van der Waals surface area (Å²) in [6.07, 6.45) is 5.94. The van der Waals surface area contributed by atoms with Crippen molar-refractivity contribution in [3.8, 4) is 0 Å². The standard InChI is InChI=1S/C16H17BrN2O/c1-2-3-4-5-6-12-10-15-16(20-12)13-9-11(17)7-8-14(13)18-19-15/h7-10H,2-6H2,1H3. The summed E-state index contributed by atoms with van der Waals surface area (Å²) in [5, 5.41) is 9.51. The lowest BCUT2D eigenvalue weighted by atomic mass is 10.1. The average molecular weight is 333 g/mol. The molecule has 0 unspecified atom stereocenters. The van der Waals surface area contributed by atoms with Gasteiger partial charge < -0.3 is 4.42 Å². The summed E-state index contributed by atoms with van der Waals surface area (Å²) in [6, 6.07) is 7.98. The molecule has 0 saturated carbocycles. The highest BCUT2D eigenvalue weighted by Gasteiger charge is 2.10. The van der Waals surface area contributed by atoms with Gasteiger partial charge >= 0.3 is 0 Å². The molecule has 0 spiro atoms. The number of aromatic nitrogens is 2. The van der Waals surface area contributed by atoms with Gasteiger partial charge in [0.05, 0.1) is 5.52 Å². The molecule has 3 nitrogen and oxygen atoms in total. The van der Waals surface area contributed by atoms with E-state index in [-0.39, 0.29) is 0 Å². The Labute approximate surface area is 126 Å². The van der Waals surface area contributed by atoms with Crippen LogP contribution in [0.15, 0.2) is 33.2 Å². The van der Waals surface area contributed by atoms with E-state index in [0.717, 1.165) is 38.7 Å². The molecule has 0 bridgehead atoms. The van der Waals surface area contributed by atoms with Gasteiger partial charge in [0.2, 0.25) is 0 Å². The second kappa shape index (κ2) is 5.92. The van der Waals surface area contributed by atoms with E-state index in [1.54, 1.807) is 0 Å². The fraction of sp³-hybridized carbons (Fsp3) is 0.375. The van der Waals surface area contributed by atoms with Crippen molar-refractivity contribution in [2.45, 2.75) is 39.0 Å². The first-order chi connectivity index (χ1) is 9.78. The zero-order chi connectivity index (χ0) is 13.9. The summed E-state index contributed by atoms with van der Waals surface area (Å²) >= 11 is 3.49. The minimum absolute atomic E-state index is 0.848. The average Bonchev–Trinajstić information content (AvgIpc) is 2.87. The number of fused-ring (bicyclic) bond motifs is 3. The quantitative estimate of drug-likeness (QED) is 0.598. The van der Waals surface area contributed by atoms with Gasteiger partial charge in [0, 0.05) is 22.3 Å². The molecule has 0 aliphatic heterocycles. The molecule has 3 aromatic rings. The van der Waals surface area contributed by atoms with Crippen LogP contribution in [0.4, 0.5) is 0 Å². The maximum Gasteiger partial charge on any atom is 0.164 e. The lowest BCUT2D eigenvalue weighted by Gasteiger charge is -1.98. The van der Waals surface area contributed by atoms with E-state index in [1.807, 2.05) is 24.3 Å². The molecule has 0 N–H and O–H groups in total. The highest BCUT2D eigenvalue weighted by Crippen LogP contribution is 2.28. The lowest BCUT2D eigenvalue weighted by Crippen LogP contribution is -1.83. The monoisotopic (exact) mass is 332 g/mol. The van der Waals surface area contributed by atoms with Gasteiger partial charge in [0.1, 0.15) is 11.3 Å². The van der Waals surface area contributed by atoms with Gasteiger partial charge in [-0.05, 0) is 24.6 Å². The molecule has 0 saturated heterocycles. The summed E-state index contributed by atoms with van der Waals surface area (Å²) in [6.45, 7) is 2.22. The molecular formula is C16H17BrN2O. The first-order valence-electron chi connectivity index (χ1n) is 7.12. The van der Waals surface area contributed by atoms with Crippen molar-refractivity contribution in [1.29, 1.82) is 0 Å². The maximum atomic E-state index is 5.99. The molecular weight excluding hydrogens is 316 g/mol. The van der Waals surface area contributed by atoms with Crippen molar-refractivity contribution in [3.05, 3.63) is 34.5 Å². The minimum Gasteiger partial charge on any atom is -0.459 e. The van der Waals surface area contributed by atoms with E-state index in [1.165, 1.54) is 25.7 Å². The third-order valence-corrected chi connectivity index (χ3v) is 4.00. The smallest absolute Gasteiger partial charge is 0.164 e. The van der Waals surface area contributed by atoms with Gasteiger partial charge in [0.25, 0.3) is 0 Å². The zero-order valence-electron chi connectivity index (χ0n) is 11.5. The molecule has 2 heterocycles. The van der Waals surface area contributed by atoms with Crippen LogP contribution in [0.3, 0.4) is 0 Å². The van der Waals surface area contributed by atoms with E-state index in [4.69, 9.17) is 4.42 Å². The van der Waals surface area contributed by atoms with Crippen LogP contribution in [0.5, 0.6) is 0 Å². The SMILES string of the molecule is CCCCCCc1cc2nnc3ccc(Br)cc3c2o1. The van der Waals surface area contributed by atoms with E-state index in [9.17, 15) is 0 Å². The van der Waals surface area contributed by atoms with Crippen LogP contribution in [0, 0.1) is 0 Å². The van der Waals surface area contributed by atoms with Crippen molar-refractivity contribution in [3.63, 3.8) is 0 Å². The number of hydrogen-bond acceptors (Lipinski definition) is 3. The highest BCUT2D eigenvalue weighted by atomic mass is 79.9. The van der Waals surface area contributed by atoms with Gasteiger partial charge in [0.15, 0.2) is 5.58 Å². The van der Waals surface area contributed by atoms with Crippen LogP contribution in [0.2, 0.25) is 0 Å². The Morgan fingerprint density at radius 3 is 2.75 bits per heavy atom. The van der Waals surface area contributed by atoms with Gasteiger partial charge in [-0.3, -0.25) is 0 Å². The third-order valence-electron chi connectivity index (χ3n) is 3.51. The summed E-state index contributed by atoms with van der Waals surface area (Å²) in [5.74, 6) is 1.01. The molecule has 0 aliphatic carbocycles. The second-order valence-corrected chi connectivity index (χ2v) is 6.01. The van der Waals surface area contributed by atoms with Gasteiger partial charge in [-0.2, -0.15) is 0 Å². The number of hydrogen-bond donors (Lipinski definition) is 0. The topological polar surface area (TPSA) is 38.9 Å². The van der Waals surface area contributed by atoms with Crippen molar-refractivity contribution < 1.29 is 4.42 Å². The number of rotatable bonds is 5. The Bertz CT molecular complexity index is 736. The van der Waals surface area contributed by atoms with Crippen molar-refractivity contribution >= 4 is 37.9 Å². The molecule has 0 radical (unpaired) electrons. The minimum atomic E-state index is 0.848. The first kappa shape index (κ1) is 13.6. The van der Waals surface area contributed by atoms with Gasteiger partial charge in [-0.25, -0.2) is 0 Å².